The molecule has 0 aliphatic rings. The molecular formula is C8H9NO3. The quantitative estimate of drug-likeness (QED) is 0.584. The van der Waals surface area contributed by atoms with E-state index in [2.05, 4.69) is 0 Å². The Morgan fingerprint density at radius 1 is 1.50 bits per heavy atom. The van der Waals surface area contributed by atoms with E-state index >= 15 is 0 Å². The van der Waals surface area contributed by atoms with Crippen molar-refractivity contribution in [2.75, 3.05) is 0 Å². The third-order valence-corrected chi connectivity index (χ3v) is 1.46. The van der Waals surface area contributed by atoms with E-state index < -0.39 is 5.97 Å². The highest BCUT2D eigenvalue weighted by Crippen LogP contribution is 2.04. The number of aromatic carboxylic acids is 1. The van der Waals surface area contributed by atoms with E-state index in [-0.39, 0.29) is 12.1 Å². The van der Waals surface area contributed by atoms with Crippen LogP contribution < -0.4 is 5.48 Å². The third-order valence-electron chi connectivity index (χ3n) is 1.46. The largest absolute Gasteiger partial charge is 0.478 e. The number of carboxylic acid groups (broad SMARTS) is 1. The zero-order chi connectivity index (χ0) is 8.97. The SMILES string of the molecule is O=C(O)c1cccc(CNO)c1. The molecule has 0 aliphatic carbocycles. The highest BCUT2D eigenvalue weighted by atomic mass is 16.5. The first-order valence-corrected chi connectivity index (χ1v) is 3.43. The zero-order valence-corrected chi connectivity index (χ0v) is 6.32. The molecule has 1 rings (SSSR count). The van der Waals surface area contributed by atoms with Crippen LogP contribution in [0.15, 0.2) is 24.3 Å². The van der Waals surface area contributed by atoms with Gasteiger partial charge in [-0.1, -0.05) is 12.1 Å². The van der Waals surface area contributed by atoms with Crippen molar-refractivity contribution in [2.24, 2.45) is 0 Å². The van der Waals surface area contributed by atoms with Gasteiger partial charge in [-0.15, -0.1) is 0 Å². The standard InChI is InChI=1S/C8H9NO3/c10-8(11)7-3-1-2-6(4-7)5-9-12/h1-4,9,12H,5H2,(H,10,11). The third kappa shape index (κ3) is 2.05. The van der Waals surface area contributed by atoms with E-state index in [0.717, 1.165) is 5.56 Å². The van der Waals surface area contributed by atoms with Crippen LogP contribution in [0.4, 0.5) is 0 Å². The van der Waals surface area contributed by atoms with Gasteiger partial charge in [0.2, 0.25) is 0 Å². The van der Waals surface area contributed by atoms with Gasteiger partial charge in [-0.2, -0.15) is 0 Å². The molecule has 0 saturated heterocycles. The van der Waals surface area contributed by atoms with Gasteiger partial charge in [-0.05, 0) is 17.7 Å². The maximum Gasteiger partial charge on any atom is 0.335 e. The van der Waals surface area contributed by atoms with Gasteiger partial charge in [0.15, 0.2) is 0 Å². The molecule has 4 heteroatoms. The van der Waals surface area contributed by atoms with E-state index in [1.165, 1.54) is 12.1 Å². The molecule has 0 fully saturated rings. The minimum absolute atomic E-state index is 0.225. The summed E-state index contributed by atoms with van der Waals surface area (Å²) in [6.07, 6.45) is 0. The number of hydrogen-bond acceptors (Lipinski definition) is 3. The monoisotopic (exact) mass is 167 g/mol. The molecule has 0 heterocycles. The van der Waals surface area contributed by atoms with Crippen molar-refractivity contribution in [3.63, 3.8) is 0 Å². The van der Waals surface area contributed by atoms with Gasteiger partial charge in [0.25, 0.3) is 0 Å². The average Bonchev–Trinajstić information content (AvgIpc) is 2.05. The molecule has 0 aromatic heterocycles. The van der Waals surface area contributed by atoms with Gasteiger partial charge >= 0.3 is 5.97 Å². The number of nitrogens with one attached hydrogen (secondary N) is 1. The number of benzene rings is 1. The minimum Gasteiger partial charge on any atom is -0.478 e. The van der Waals surface area contributed by atoms with Crippen LogP contribution in [0.1, 0.15) is 15.9 Å². The molecule has 12 heavy (non-hydrogen) atoms. The van der Waals surface area contributed by atoms with Crippen molar-refractivity contribution < 1.29 is 15.1 Å². The summed E-state index contributed by atoms with van der Waals surface area (Å²) in [5.74, 6) is -0.963. The van der Waals surface area contributed by atoms with Gasteiger partial charge in [0.05, 0.1) is 5.56 Å². The Hall–Kier alpha value is -1.39. The summed E-state index contributed by atoms with van der Waals surface area (Å²) in [7, 11) is 0. The van der Waals surface area contributed by atoms with Crippen LogP contribution in [-0.4, -0.2) is 16.3 Å². The van der Waals surface area contributed by atoms with Crippen LogP contribution in [0.5, 0.6) is 0 Å². The highest BCUT2D eigenvalue weighted by molar-refractivity contribution is 5.87. The number of rotatable bonds is 3. The van der Waals surface area contributed by atoms with Crippen LogP contribution >= 0.6 is 0 Å². The number of carboxylic acids is 1. The van der Waals surface area contributed by atoms with Crippen LogP contribution in [0, 0.1) is 0 Å². The molecule has 0 aliphatic heterocycles. The fourth-order valence-electron chi connectivity index (χ4n) is 0.906. The Kier molecular flexibility index (Phi) is 2.79. The number of hydrogen-bond donors (Lipinski definition) is 3. The van der Waals surface area contributed by atoms with Crippen molar-refractivity contribution in [1.82, 2.24) is 5.48 Å². The highest BCUT2D eigenvalue weighted by Gasteiger charge is 2.01. The smallest absolute Gasteiger partial charge is 0.335 e. The first kappa shape index (κ1) is 8.70. The Morgan fingerprint density at radius 3 is 2.83 bits per heavy atom. The van der Waals surface area contributed by atoms with E-state index in [0.29, 0.717) is 0 Å². The molecule has 1 aromatic carbocycles. The second-order valence-corrected chi connectivity index (χ2v) is 2.34. The predicted octanol–water partition coefficient (Wildman–Crippen LogP) is 0.864. The molecule has 0 unspecified atom stereocenters. The van der Waals surface area contributed by atoms with Crippen molar-refractivity contribution >= 4 is 5.97 Å². The normalized spacial score (nSPS) is 9.75. The van der Waals surface area contributed by atoms with Gasteiger partial charge in [-0.25, -0.2) is 10.3 Å². The van der Waals surface area contributed by atoms with E-state index in [1.54, 1.807) is 12.1 Å². The molecule has 0 bridgehead atoms. The lowest BCUT2D eigenvalue weighted by atomic mass is 10.1. The van der Waals surface area contributed by atoms with Crippen molar-refractivity contribution in [3.8, 4) is 0 Å². The topological polar surface area (TPSA) is 69.6 Å². The first-order valence-electron chi connectivity index (χ1n) is 3.43. The van der Waals surface area contributed by atoms with Crippen molar-refractivity contribution in [2.45, 2.75) is 6.54 Å². The Labute approximate surface area is 69.4 Å². The Bertz CT molecular complexity index is 285. The van der Waals surface area contributed by atoms with Gasteiger partial charge in [0, 0.05) is 6.54 Å². The molecule has 0 spiro atoms. The summed E-state index contributed by atoms with van der Waals surface area (Å²) >= 11 is 0. The van der Waals surface area contributed by atoms with Crippen molar-refractivity contribution in [3.05, 3.63) is 35.4 Å². The maximum atomic E-state index is 10.5. The fraction of sp³-hybridized carbons (Fsp3) is 0.125. The molecule has 3 N–H and O–H groups in total. The predicted molar refractivity (Wildman–Crippen MR) is 42.0 cm³/mol. The molecule has 64 valence electrons. The summed E-state index contributed by atoms with van der Waals surface area (Å²) in [5.41, 5.74) is 2.92. The van der Waals surface area contributed by atoms with E-state index in [4.69, 9.17) is 10.3 Å². The summed E-state index contributed by atoms with van der Waals surface area (Å²) in [5, 5.41) is 16.9. The molecule has 4 nitrogen and oxygen atoms in total. The summed E-state index contributed by atoms with van der Waals surface area (Å²) in [6.45, 7) is 0.251. The molecule has 0 radical (unpaired) electrons. The lowest BCUT2D eigenvalue weighted by molar-refractivity contribution is 0.0696. The zero-order valence-electron chi connectivity index (χ0n) is 6.32. The van der Waals surface area contributed by atoms with E-state index in [9.17, 15) is 4.79 Å². The van der Waals surface area contributed by atoms with Crippen LogP contribution in [0.2, 0.25) is 0 Å². The summed E-state index contributed by atoms with van der Waals surface area (Å²) < 4.78 is 0. The molecule has 1 aromatic rings. The Morgan fingerprint density at radius 2 is 2.25 bits per heavy atom. The van der Waals surface area contributed by atoms with Gasteiger partial charge in [0.1, 0.15) is 0 Å². The van der Waals surface area contributed by atoms with Gasteiger partial charge < -0.3 is 10.3 Å². The molecule has 0 atom stereocenters. The van der Waals surface area contributed by atoms with Crippen LogP contribution in [0.3, 0.4) is 0 Å². The van der Waals surface area contributed by atoms with Crippen LogP contribution in [-0.2, 0) is 6.54 Å². The minimum atomic E-state index is -0.963. The summed E-state index contributed by atoms with van der Waals surface area (Å²) in [6, 6.07) is 6.38. The molecule has 0 saturated carbocycles. The molecule has 0 amide bonds. The number of carbonyl (C=O) groups is 1. The van der Waals surface area contributed by atoms with Gasteiger partial charge in [-0.3, -0.25) is 0 Å². The Balaban J connectivity index is 2.88. The second kappa shape index (κ2) is 3.85. The fourth-order valence-corrected chi connectivity index (χ4v) is 0.906. The number of hydroxylamine groups is 1. The lowest BCUT2D eigenvalue weighted by Crippen LogP contribution is -2.07. The van der Waals surface area contributed by atoms with Crippen LogP contribution in [0.25, 0.3) is 0 Å². The van der Waals surface area contributed by atoms with E-state index in [1.807, 2.05) is 5.48 Å². The second-order valence-electron chi connectivity index (χ2n) is 2.34. The maximum absolute atomic E-state index is 10.5. The lowest BCUT2D eigenvalue weighted by Gasteiger charge is -1.99. The molecular weight excluding hydrogens is 158 g/mol. The average molecular weight is 167 g/mol. The first-order chi connectivity index (χ1) is 5.74. The van der Waals surface area contributed by atoms with Crippen molar-refractivity contribution in [1.29, 1.82) is 0 Å². The summed E-state index contributed by atoms with van der Waals surface area (Å²) in [4.78, 5) is 10.5.